The van der Waals surface area contributed by atoms with Crippen LogP contribution < -0.4 is 0 Å². The fourth-order valence-electron chi connectivity index (χ4n) is 3.04. The Morgan fingerprint density at radius 2 is 1.92 bits per heavy atom. The molecule has 0 bridgehead atoms. The number of carbonyl (C=O) groups excluding carboxylic acids is 1. The van der Waals surface area contributed by atoms with Crippen molar-refractivity contribution in [2.45, 2.75) is 19.4 Å². The van der Waals surface area contributed by atoms with Gasteiger partial charge >= 0.3 is 0 Å². The van der Waals surface area contributed by atoms with Crippen LogP contribution in [0.15, 0.2) is 47.5 Å². The highest BCUT2D eigenvalue weighted by Gasteiger charge is 2.38. The maximum Gasteiger partial charge on any atom is 0.193 e. The number of aromatic nitrogens is 2. The molecule has 0 fully saturated rings. The minimum Gasteiger partial charge on any atom is -0.291 e. The van der Waals surface area contributed by atoms with Gasteiger partial charge in [-0.1, -0.05) is 12.1 Å². The van der Waals surface area contributed by atoms with Crippen molar-refractivity contribution < 1.29 is 9.18 Å². The SMILES string of the molecule is CC1(C)N=C(c2ccc3ccc(C#N)n3n2)c2cccc(F)c2C1=O. The average Bonchev–Trinajstić information content (AvgIpc) is 3.00. The van der Waals surface area contributed by atoms with Crippen molar-refractivity contribution in [2.24, 2.45) is 4.99 Å². The van der Waals surface area contributed by atoms with Crippen molar-refractivity contribution in [1.82, 2.24) is 9.61 Å². The topological polar surface area (TPSA) is 70.5 Å². The normalized spacial score (nSPS) is 15.6. The van der Waals surface area contributed by atoms with E-state index in [1.54, 1.807) is 44.2 Å². The number of rotatable bonds is 1. The zero-order valence-electron chi connectivity index (χ0n) is 13.6. The predicted molar refractivity (Wildman–Crippen MR) is 90.4 cm³/mol. The molecule has 25 heavy (non-hydrogen) atoms. The molecule has 3 aromatic rings. The molecular formula is C19H13FN4O. The van der Waals surface area contributed by atoms with Crippen molar-refractivity contribution in [2.75, 3.05) is 0 Å². The number of nitrogens with zero attached hydrogens (tertiary/aromatic N) is 4. The Kier molecular flexibility index (Phi) is 3.09. The molecule has 122 valence electrons. The van der Waals surface area contributed by atoms with E-state index in [-0.39, 0.29) is 11.3 Å². The summed E-state index contributed by atoms with van der Waals surface area (Å²) in [5.74, 6) is -0.924. The van der Waals surface area contributed by atoms with Gasteiger partial charge in [0, 0.05) is 5.56 Å². The highest BCUT2D eigenvalue weighted by Crippen LogP contribution is 2.30. The monoisotopic (exact) mass is 332 g/mol. The number of Topliss-reactive ketones (excluding diaryl/α,β-unsaturated/α-hetero) is 1. The Hall–Kier alpha value is -3.33. The maximum absolute atomic E-state index is 14.3. The fourth-order valence-corrected chi connectivity index (χ4v) is 3.04. The van der Waals surface area contributed by atoms with Crippen LogP contribution in [0.5, 0.6) is 0 Å². The van der Waals surface area contributed by atoms with Crippen LogP contribution in [0.2, 0.25) is 0 Å². The summed E-state index contributed by atoms with van der Waals surface area (Å²) >= 11 is 0. The Labute approximate surface area is 143 Å². The van der Waals surface area contributed by atoms with Crippen molar-refractivity contribution in [1.29, 1.82) is 5.26 Å². The van der Waals surface area contributed by atoms with E-state index in [0.717, 1.165) is 5.52 Å². The summed E-state index contributed by atoms with van der Waals surface area (Å²) in [6.07, 6.45) is 0. The van der Waals surface area contributed by atoms with Gasteiger partial charge in [-0.05, 0) is 44.2 Å². The number of hydrogen-bond donors (Lipinski definition) is 0. The van der Waals surface area contributed by atoms with Crippen LogP contribution in [0.1, 0.15) is 41.2 Å². The van der Waals surface area contributed by atoms with Crippen LogP contribution >= 0.6 is 0 Å². The number of halogens is 1. The molecule has 6 heteroatoms. The lowest BCUT2D eigenvalue weighted by Crippen LogP contribution is -2.37. The number of aliphatic imine (C=N–C) groups is 1. The van der Waals surface area contributed by atoms with Crippen molar-refractivity contribution >= 4 is 17.0 Å². The summed E-state index contributed by atoms with van der Waals surface area (Å²) in [6, 6.07) is 13.6. The number of nitriles is 1. The zero-order chi connectivity index (χ0) is 17.8. The largest absolute Gasteiger partial charge is 0.291 e. The summed E-state index contributed by atoms with van der Waals surface area (Å²) in [4.78, 5) is 17.1. The molecule has 2 aromatic heterocycles. The smallest absolute Gasteiger partial charge is 0.193 e. The third-order valence-electron chi connectivity index (χ3n) is 4.30. The first kappa shape index (κ1) is 15.2. The Morgan fingerprint density at radius 1 is 1.16 bits per heavy atom. The molecule has 0 N–H and O–H groups in total. The summed E-state index contributed by atoms with van der Waals surface area (Å²) in [6.45, 7) is 3.30. The lowest BCUT2D eigenvalue weighted by atomic mass is 9.84. The maximum atomic E-state index is 14.3. The molecule has 0 amide bonds. The van der Waals surface area contributed by atoms with E-state index < -0.39 is 11.4 Å². The van der Waals surface area contributed by atoms with Crippen molar-refractivity contribution in [3.8, 4) is 6.07 Å². The molecule has 0 aliphatic carbocycles. The van der Waals surface area contributed by atoms with E-state index in [2.05, 4.69) is 16.2 Å². The van der Waals surface area contributed by atoms with Gasteiger partial charge in [0.25, 0.3) is 0 Å². The summed E-state index contributed by atoms with van der Waals surface area (Å²) in [5.41, 5.74) is 1.45. The van der Waals surface area contributed by atoms with E-state index in [1.807, 2.05) is 6.07 Å². The second-order valence-corrected chi connectivity index (χ2v) is 6.40. The van der Waals surface area contributed by atoms with Gasteiger partial charge in [0.1, 0.15) is 28.8 Å². The lowest BCUT2D eigenvalue weighted by molar-refractivity contribution is 0.0908. The van der Waals surface area contributed by atoms with Gasteiger partial charge in [0.15, 0.2) is 5.78 Å². The molecule has 0 radical (unpaired) electrons. The Morgan fingerprint density at radius 3 is 2.68 bits per heavy atom. The molecule has 1 aromatic carbocycles. The van der Waals surface area contributed by atoms with E-state index in [0.29, 0.717) is 22.7 Å². The quantitative estimate of drug-likeness (QED) is 0.687. The van der Waals surface area contributed by atoms with E-state index in [9.17, 15) is 14.4 Å². The summed E-state index contributed by atoms with van der Waals surface area (Å²) in [7, 11) is 0. The molecule has 0 saturated heterocycles. The summed E-state index contributed by atoms with van der Waals surface area (Å²) < 4.78 is 15.8. The molecule has 1 aliphatic heterocycles. The van der Waals surface area contributed by atoms with Crippen LogP contribution in [0.3, 0.4) is 0 Å². The molecule has 0 saturated carbocycles. The number of carbonyl (C=O) groups is 1. The average molecular weight is 332 g/mol. The van der Waals surface area contributed by atoms with Crippen LogP contribution in [-0.4, -0.2) is 26.6 Å². The lowest BCUT2D eigenvalue weighted by Gasteiger charge is -2.27. The van der Waals surface area contributed by atoms with Crippen LogP contribution in [-0.2, 0) is 0 Å². The van der Waals surface area contributed by atoms with Gasteiger partial charge in [-0.15, -0.1) is 0 Å². The molecule has 5 nitrogen and oxygen atoms in total. The van der Waals surface area contributed by atoms with E-state index in [4.69, 9.17) is 0 Å². The molecule has 0 unspecified atom stereocenters. The number of fused-ring (bicyclic) bond motifs is 2. The second-order valence-electron chi connectivity index (χ2n) is 6.40. The fraction of sp³-hybridized carbons (Fsp3) is 0.158. The molecule has 3 heterocycles. The number of benzene rings is 1. The van der Waals surface area contributed by atoms with Crippen LogP contribution in [0.4, 0.5) is 4.39 Å². The molecule has 0 atom stereocenters. The third kappa shape index (κ3) is 2.17. The van der Waals surface area contributed by atoms with Gasteiger partial charge in [-0.3, -0.25) is 9.79 Å². The van der Waals surface area contributed by atoms with Gasteiger partial charge in [0.05, 0.1) is 16.8 Å². The van der Waals surface area contributed by atoms with Gasteiger partial charge in [0.2, 0.25) is 0 Å². The molecule has 0 spiro atoms. The highest BCUT2D eigenvalue weighted by molar-refractivity contribution is 6.23. The van der Waals surface area contributed by atoms with Gasteiger partial charge in [-0.2, -0.15) is 10.4 Å². The standard InChI is InChI=1S/C19H13FN4O/c1-19(2)18(25)16-13(4-3-5-14(16)20)17(22-19)15-9-8-11-6-7-12(10-21)24(11)23-15/h3-9H,1-2H3. The Balaban J connectivity index is 2.01. The van der Waals surface area contributed by atoms with Crippen LogP contribution in [0.25, 0.3) is 5.52 Å². The highest BCUT2D eigenvalue weighted by atomic mass is 19.1. The van der Waals surface area contributed by atoms with Crippen LogP contribution in [0, 0.1) is 17.1 Å². The first-order valence-electron chi connectivity index (χ1n) is 7.75. The molecular weight excluding hydrogens is 319 g/mol. The predicted octanol–water partition coefficient (Wildman–Crippen LogP) is 3.16. The first-order chi connectivity index (χ1) is 11.9. The Bertz CT molecular complexity index is 1120. The number of ketones is 1. The van der Waals surface area contributed by atoms with E-state index >= 15 is 0 Å². The summed E-state index contributed by atoms with van der Waals surface area (Å²) in [5, 5.41) is 13.7. The van der Waals surface area contributed by atoms with E-state index in [1.165, 1.54) is 10.6 Å². The first-order valence-corrected chi connectivity index (χ1v) is 7.75. The second kappa shape index (κ2) is 5.08. The molecule has 1 aliphatic rings. The minimum absolute atomic E-state index is 0.0346. The molecule has 4 rings (SSSR count). The minimum atomic E-state index is -1.09. The van der Waals surface area contributed by atoms with Crippen molar-refractivity contribution in [3.63, 3.8) is 0 Å². The third-order valence-corrected chi connectivity index (χ3v) is 4.30. The van der Waals surface area contributed by atoms with Gasteiger partial charge in [-0.25, -0.2) is 8.91 Å². The van der Waals surface area contributed by atoms with Gasteiger partial charge < -0.3 is 0 Å². The zero-order valence-corrected chi connectivity index (χ0v) is 13.6. The van der Waals surface area contributed by atoms with Crippen molar-refractivity contribution in [3.05, 3.63) is 70.8 Å². The number of hydrogen-bond acceptors (Lipinski definition) is 4.